The van der Waals surface area contributed by atoms with Gasteiger partial charge in [-0.2, -0.15) is 0 Å². The molecule has 0 spiro atoms. The predicted molar refractivity (Wildman–Crippen MR) is 369 cm³/mol. The van der Waals surface area contributed by atoms with Crippen molar-refractivity contribution in [3.63, 3.8) is 0 Å². The maximum atomic E-state index is 5.60. The maximum absolute atomic E-state index is 5.60. The first-order chi connectivity index (χ1) is 43.1. The van der Waals surface area contributed by atoms with Gasteiger partial charge in [0.2, 0.25) is 0 Å². The molecule has 0 amide bonds. The second-order valence-corrected chi connectivity index (χ2v) is 24.3. The SMILES string of the molecule is c1ccc(-c2cc(-c3nc(-c4ccc5c(c4)sc4ccccc45)nc(-c4ccc5c(c4)sc4ccccc45)n3)cc(-c3ccccc3)c2-n2c3c(-c4ccccc4)ccc(-c4ccccc4)c3c3c(-c4ccccc4)ccc(-c4ccccc4)c32)cc1. The van der Waals surface area contributed by atoms with Crippen LogP contribution in [0.25, 0.3) is 169 Å². The van der Waals surface area contributed by atoms with Crippen LogP contribution in [0.1, 0.15) is 0 Å². The molecule has 0 aliphatic rings. The summed E-state index contributed by atoms with van der Waals surface area (Å²) < 4.78 is 7.51. The molecule has 17 rings (SSSR count). The first-order valence-corrected chi connectivity index (χ1v) is 31.0. The van der Waals surface area contributed by atoms with Crippen LogP contribution < -0.4 is 0 Å². The Kier molecular flexibility index (Phi) is 12.2. The fourth-order valence-electron chi connectivity index (χ4n) is 13.1. The predicted octanol–water partition coefficient (Wildman–Crippen LogP) is 22.7. The number of hydrogen-bond donors (Lipinski definition) is 0. The average molecular weight is 1140 g/mol. The highest BCUT2D eigenvalue weighted by Crippen LogP contribution is 2.52. The lowest BCUT2D eigenvalue weighted by Crippen LogP contribution is -2.05. The smallest absolute Gasteiger partial charge is 0.164 e. The largest absolute Gasteiger partial charge is 0.307 e. The summed E-state index contributed by atoms with van der Waals surface area (Å²) in [4.78, 5) is 16.6. The van der Waals surface area contributed by atoms with Crippen LogP contribution in [0, 0.1) is 0 Å². The molecular weight excluding hydrogens is 1090 g/mol. The van der Waals surface area contributed by atoms with E-state index in [4.69, 9.17) is 15.0 Å². The summed E-state index contributed by atoms with van der Waals surface area (Å²) in [7, 11) is 0. The Morgan fingerprint density at radius 1 is 0.218 bits per heavy atom. The second-order valence-electron chi connectivity index (χ2n) is 22.1. The maximum Gasteiger partial charge on any atom is 0.164 e. The van der Waals surface area contributed by atoms with E-state index in [0.29, 0.717) is 17.5 Å². The molecule has 0 unspecified atom stereocenters. The molecule has 0 aliphatic heterocycles. The van der Waals surface area contributed by atoms with Crippen molar-refractivity contribution in [2.24, 2.45) is 0 Å². The molecule has 0 N–H and O–H groups in total. The Bertz CT molecular complexity index is 5150. The molecule has 0 aliphatic carbocycles. The molecule has 6 heteroatoms. The van der Waals surface area contributed by atoms with Gasteiger partial charge in [0.1, 0.15) is 0 Å². The number of nitrogens with zero attached hydrogens (tertiary/aromatic N) is 4. The Labute approximate surface area is 510 Å². The van der Waals surface area contributed by atoms with Gasteiger partial charge in [0.25, 0.3) is 0 Å². The molecule has 4 aromatic heterocycles. The highest BCUT2D eigenvalue weighted by atomic mass is 32.1. The standard InChI is InChI=1S/C81H50N4S2/c1-7-23-51(24-8-1)60-43-45-62(53-27-11-3-12-28-53)77-74(60)75-61(52-25-9-2-10-26-52)44-46-63(54-29-13-4-14-30-54)78(75)85(77)76-68(55-31-15-5-16-32-55)47-59(48-69(76)56-33-17-6-18-34-56)81-83-79(57-39-41-66-64-35-19-21-37-70(64)86-72(66)49-57)82-80(84-81)58-40-42-67-65-36-20-22-38-71(65)87-73(67)50-58/h1-50H. The number of aromatic nitrogens is 4. The molecule has 4 nitrogen and oxygen atoms in total. The fourth-order valence-corrected chi connectivity index (χ4v) is 15.4. The zero-order valence-corrected chi connectivity index (χ0v) is 48.6. The molecular formula is C81H50N4S2. The molecule has 0 saturated heterocycles. The first-order valence-electron chi connectivity index (χ1n) is 29.4. The molecule has 0 bridgehead atoms. The van der Waals surface area contributed by atoms with Crippen LogP contribution in [0.5, 0.6) is 0 Å². The van der Waals surface area contributed by atoms with Crippen LogP contribution in [-0.4, -0.2) is 19.5 Å². The average Bonchev–Trinajstić information content (AvgIpc) is 1.76. The van der Waals surface area contributed by atoms with E-state index < -0.39 is 0 Å². The van der Waals surface area contributed by atoms with E-state index in [0.717, 1.165) is 100 Å². The van der Waals surface area contributed by atoms with E-state index in [1.165, 1.54) is 51.1 Å². The summed E-state index contributed by atoms with van der Waals surface area (Å²) in [6.45, 7) is 0. The van der Waals surface area contributed by atoms with E-state index in [1.807, 2.05) is 0 Å². The normalized spacial score (nSPS) is 11.7. The topological polar surface area (TPSA) is 43.6 Å². The van der Waals surface area contributed by atoms with Gasteiger partial charge in [-0.15, -0.1) is 22.7 Å². The lowest BCUT2D eigenvalue weighted by atomic mass is 9.90. The zero-order chi connectivity index (χ0) is 57.4. The minimum Gasteiger partial charge on any atom is -0.307 e. The minimum absolute atomic E-state index is 0.582. The molecule has 406 valence electrons. The molecule has 0 saturated carbocycles. The van der Waals surface area contributed by atoms with Crippen molar-refractivity contribution in [2.75, 3.05) is 0 Å². The lowest BCUT2D eigenvalue weighted by Gasteiger charge is -2.23. The van der Waals surface area contributed by atoms with Crippen LogP contribution in [0.4, 0.5) is 0 Å². The van der Waals surface area contributed by atoms with Gasteiger partial charge >= 0.3 is 0 Å². The molecule has 0 radical (unpaired) electrons. The van der Waals surface area contributed by atoms with Crippen LogP contribution in [-0.2, 0) is 0 Å². The van der Waals surface area contributed by atoms with Gasteiger partial charge in [-0.25, -0.2) is 15.0 Å². The second kappa shape index (κ2) is 21.0. The van der Waals surface area contributed by atoms with Gasteiger partial charge in [0.15, 0.2) is 17.5 Å². The number of hydrogen-bond acceptors (Lipinski definition) is 5. The molecule has 17 aromatic rings. The van der Waals surface area contributed by atoms with E-state index in [2.05, 4.69) is 308 Å². The quantitative estimate of drug-likeness (QED) is 0.137. The van der Waals surface area contributed by atoms with E-state index >= 15 is 0 Å². The summed E-state index contributed by atoms with van der Waals surface area (Å²) in [5.74, 6) is 1.81. The number of fused-ring (bicyclic) bond motifs is 9. The zero-order valence-electron chi connectivity index (χ0n) is 47.0. The van der Waals surface area contributed by atoms with Gasteiger partial charge in [0.05, 0.1) is 16.7 Å². The van der Waals surface area contributed by atoms with Gasteiger partial charge in [-0.3, -0.25) is 0 Å². The van der Waals surface area contributed by atoms with Crippen molar-refractivity contribution in [1.29, 1.82) is 0 Å². The molecule has 4 heterocycles. The van der Waals surface area contributed by atoms with Crippen molar-refractivity contribution in [3.05, 3.63) is 303 Å². The summed E-state index contributed by atoms with van der Waals surface area (Å²) in [6.07, 6.45) is 0. The Morgan fingerprint density at radius 3 is 0.897 bits per heavy atom. The highest BCUT2D eigenvalue weighted by Gasteiger charge is 2.30. The van der Waals surface area contributed by atoms with Crippen LogP contribution in [0.2, 0.25) is 0 Å². The van der Waals surface area contributed by atoms with E-state index in [1.54, 1.807) is 22.7 Å². The van der Waals surface area contributed by atoms with Crippen molar-refractivity contribution in [3.8, 4) is 107 Å². The Hall–Kier alpha value is -10.9. The van der Waals surface area contributed by atoms with Crippen molar-refractivity contribution in [1.82, 2.24) is 19.5 Å². The Morgan fingerprint density at radius 2 is 0.517 bits per heavy atom. The third-order valence-corrected chi connectivity index (χ3v) is 19.3. The molecule has 0 fully saturated rings. The molecule has 87 heavy (non-hydrogen) atoms. The lowest BCUT2D eigenvalue weighted by molar-refractivity contribution is 1.07. The number of rotatable bonds is 10. The monoisotopic (exact) mass is 1140 g/mol. The number of benzene rings is 13. The van der Waals surface area contributed by atoms with E-state index in [-0.39, 0.29) is 0 Å². The molecule has 13 aromatic carbocycles. The van der Waals surface area contributed by atoms with Crippen LogP contribution >= 0.6 is 22.7 Å². The third-order valence-electron chi connectivity index (χ3n) is 17.1. The van der Waals surface area contributed by atoms with Gasteiger partial charge in [0, 0.05) is 90.1 Å². The summed E-state index contributed by atoms with van der Waals surface area (Å²) >= 11 is 3.60. The van der Waals surface area contributed by atoms with Crippen molar-refractivity contribution in [2.45, 2.75) is 0 Å². The van der Waals surface area contributed by atoms with Crippen LogP contribution in [0.15, 0.2) is 303 Å². The summed E-state index contributed by atoms with van der Waals surface area (Å²) in [5.41, 5.74) is 19.3. The highest BCUT2D eigenvalue weighted by molar-refractivity contribution is 7.26. The fraction of sp³-hybridized carbons (Fsp3) is 0. The summed E-state index contributed by atoms with van der Waals surface area (Å²) in [5, 5.41) is 7.30. The first kappa shape index (κ1) is 50.6. The minimum atomic E-state index is 0.582. The van der Waals surface area contributed by atoms with Crippen molar-refractivity contribution >= 4 is 84.8 Å². The van der Waals surface area contributed by atoms with Gasteiger partial charge < -0.3 is 4.57 Å². The van der Waals surface area contributed by atoms with Gasteiger partial charge in [-0.1, -0.05) is 267 Å². The molecule has 0 atom stereocenters. The van der Waals surface area contributed by atoms with E-state index in [9.17, 15) is 0 Å². The third kappa shape index (κ3) is 8.68. The summed E-state index contributed by atoms with van der Waals surface area (Å²) in [6, 6.07) is 110. The van der Waals surface area contributed by atoms with Crippen LogP contribution in [0.3, 0.4) is 0 Å². The van der Waals surface area contributed by atoms with Crippen molar-refractivity contribution < 1.29 is 0 Å². The van der Waals surface area contributed by atoms with Gasteiger partial charge in [-0.05, 0) is 80.9 Å². The number of thiophene rings is 2. The Balaban J connectivity index is 1.03.